The van der Waals surface area contributed by atoms with Crippen molar-refractivity contribution in [1.29, 1.82) is 0 Å². The van der Waals surface area contributed by atoms with E-state index >= 15 is 0 Å². The first kappa shape index (κ1) is 22.1. The van der Waals surface area contributed by atoms with Crippen LogP contribution in [0.5, 0.6) is 0 Å². The lowest BCUT2D eigenvalue weighted by Gasteiger charge is -2.27. The first-order valence-electron chi connectivity index (χ1n) is 10.2. The zero-order chi connectivity index (χ0) is 23.3. The molecule has 1 amide bonds. The van der Waals surface area contributed by atoms with Gasteiger partial charge in [-0.3, -0.25) is 9.78 Å². The number of rotatable bonds is 4. The van der Waals surface area contributed by atoms with Crippen LogP contribution < -0.4 is 10.6 Å². The van der Waals surface area contributed by atoms with Crippen LogP contribution in [0.1, 0.15) is 29.3 Å². The third-order valence-corrected chi connectivity index (χ3v) is 5.70. The number of nitrogens with two attached hydrogens (primary N) is 1. The minimum Gasteiger partial charge on any atom is -0.368 e. The topological polar surface area (TPSA) is 91.1 Å². The van der Waals surface area contributed by atoms with Crippen molar-refractivity contribution in [2.24, 2.45) is 5.73 Å². The number of pyridine rings is 1. The Hall–Kier alpha value is -3.14. The van der Waals surface area contributed by atoms with Crippen molar-refractivity contribution in [1.82, 2.24) is 19.9 Å². The molecule has 7 nitrogen and oxygen atoms in total. The molecule has 170 valence electrons. The maximum absolute atomic E-state index is 13.1. The summed E-state index contributed by atoms with van der Waals surface area (Å²) in [6.07, 6.45) is -0.932. The second kappa shape index (κ2) is 7.77. The zero-order valence-corrected chi connectivity index (χ0v) is 18.1. The van der Waals surface area contributed by atoms with Crippen LogP contribution in [0.3, 0.4) is 0 Å². The number of anilines is 1. The van der Waals surface area contributed by atoms with Gasteiger partial charge in [0.25, 0.3) is 5.91 Å². The largest absolute Gasteiger partial charge is 0.406 e. The van der Waals surface area contributed by atoms with Gasteiger partial charge in [-0.1, -0.05) is 12.1 Å². The summed E-state index contributed by atoms with van der Waals surface area (Å²) >= 11 is 0. The summed E-state index contributed by atoms with van der Waals surface area (Å²) < 4.78 is 38.8. The van der Waals surface area contributed by atoms with Crippen LogP contribution >= 0.6 is 0 Å². The van der Waals surface area contributed by atoms with E-state index in [-0.39, 0.29) is 5.56 Å². The van der Waals surface area contributed by atoms with Gasteiger partial charge in [0, 0.05) is 38.1 Å². The normalized spacial score (nSPS) is 19.0. The van der Waals surface area contributed by atoms with Gasteiger partial charge in [-0.05, 0) is 31.9 Å². The molecule has 0 spiro atoms. The molecule has 0 radical (unpaired) electrons. The average Bonchev–Trinajstić information content (AvgIpc) is 3.29. The van der Waals surface area contributed by atoms with Crippen molar-refractivity contribution in [3.8, 4) is 11.4 Å². The quantitative estimate of drug-likeness (QED) is 0.640. The van der Waals surface area contributed by atoms with Gasteiger partial charge in [0.05, 0.1) is 27.8 Å². The van der Waals surface area contributed by atoms with Crippen molar-refractivity contribution in [2.45, 2.75) is 32.0 Å². The predicted octanol–water partition coefficient (Wildman–Crippen LogP) is 3.50. The molecule has 0 aliphatic carbocycles. The van der Waals surface area contributed by atoms with Gasteiger partial charge in [0.15, 0.2) is 0 Å². The monoisotopic (exact) mass is 446 g/mol. The Morgan fingerprint density at radius 1 is 1.34 bits per heavy atom. The Labute approximate surface area is 183 Å². The number of fused-ring (bicyclic) bond motifs is 1. The van der Waals surface area contributed by atoms with Crippen LogP contribution in [0.15, 0.2) is 30.6 Å². The molecule has 1 atom stereocenters. The van der Waals surface area contributed by atoms with Crippen LogP contribution in [0.4, 0.5) is 18.9 Å². The predicted molar refractivity (Wildman–Crippen MR) is 116 cm³/mol. The molecule has 0 unspecified atom stereocenters. The molecule has 1 aliphatic rings. The standard InChI is InChI=1S/C22H25F3N6O/c1-13-5-4-6-16-17(13)29-19(28-16)14-9-27-10-15(20(32)30(3)12-22(23,24)25)18(14)31-8-7-21(2,26)11-31/h4-6,9-10H,7-8,11-12,26H2,1-3H3,(H,28,29)/t21-/m0/s1. The molecule has 3 aromatic rings. The Morgan fingerprint density at radius 2 is 2.09 bits per heavy atom. The summed E-state index contributed by atoms with van der Waals surface area (Å²) in [5, 5.41) is 0. The van der Waals surface area contributed by atoms with E-state index in [0.29, 0.717) is 41.5 Å². The highest BCUT2D eigenvalue weighted by Gasteiger charge is 2.36. The molecule has 32 heavy (non-hydrogen) atoms. The van der Waals surface area contributed by atoms with Gasteiger partial charge in [-0.15, -0.1) is 0 Å². The fourth-order valence-electron chi connectivity index (χ4n) is 4.15. The lowest BCUT2D eigenvalue weighted by Crippen LogP contribution is -2.40. The van der Waals surface area contributed by atoms with Crippen LogP contribution in [0.25, 0.3) is 22.4 Å². The molecule has 4 rings (SSSR count). The minimum absolute atomic E-state index is 0.0872. The summed E-state index contributed by atoms with van der Waals surface area (Å²) in [6, 6.07) is 5.74. The fraction of sp³-hybridized carbons (Fsp3) is 0.409. The van der Waals surface area contributed by atoms with Crippen molar-refractivity contribution in [3.63, 3.8) is 0 Å². The first-order valence-corrected chi connectivity index (χ1v) is 10.2. The number of H-pyrrole nitrogens is 1. The zero-order valence-electron chi connectivity index (χ0n) is 18.1. The van der Waals surface area contributed by atoms with Gasteiger partial charge >= 0.3 is 6.18 Å². The van der Waals surface area contributed by atoms with Crippen LogP contribution in [-0.2, 0) is 0 Å². The highest BCUT2D eigenvalue weighted by Crippen LogP contribution is 2.37. The number of nitrogens with zero attached hydrogens (tertiary/aromatic N) is 4. The lowest BCUT2D eigenvalue weighted by atomic mass is 10.0. The molecule has 0 saturated carbocycles. The number of para-hydroxylation sites is 1. The maximum atomic E-state index is 13.1. The Bertz CT molecular complexity index is 1170. The van der Waals surface area contributed by atoms with E-state index in [4.69, 9.17) is 10.7 Å². The van der Waals surface area contributed by atoms with Gasteiger partial charge in [0.2, 0.25) is 0 Å². The highest BCUT2D eigenvalue weighted by atomic mass is 19.4. The lowest BCUT2D eigenvalue weighted by molar-refractivity contribution is -0.138. The van der Waals surface area contributed by atoms with Gasteiger partial charge < -0.3 is 20.5 Å². The first-order chi connectivity index (χ1) is 15.0. The molecule has 10 heteroatoms. The number of carbonyl (C=O) groups is 1. The van der Waals surface area contributed by atoms with Crippen molar-refractivity contribution < 1.29 is 18.0 Å². The number of hydrogen-bond acceptors (Lipinski definition) is 5. The summed E-state index contributed by atoms with van der Waals surface area (Å²) in [5.74, 6) is -0.264. The van der Waals surface area contributed by atoms with Crippen molar-refractivity contribution in [3.05, 3.63) is 41.7 Å². The summed E-state index contributed by atoms with van der Waals surface area (Å²) in [6.45, 7) is 3.52. The molecular formula is C22H25F3N6O. The van der Waals surface area contributed by atoms with Gasteiger partial charge in [0.1, 0.15) is 12.4 Å². The van der Waals surface area contributed by atoms with Crippen LogP contribution in [0.2, 0.25) is 0 Å². The smallest absolute Gasteiger partial charge is 0.368 e. The number of carbonyl (C=O) groups excluding carboxylic acids is 1. The van der Waals surface area contributed by atoms with E-state index in [1.807, 2.05) is 36.9 Å². The molecular weight excluding hydrogens is 421 g/mol. The molecule has 0 bridgehead atoms. The Morgan fingerprint density at radius 3 is 2.72 bits per heavy atom. The van der Waals surface area contributed by atoms with Gasteiger partial charge in [-0.2, -0.15) is 13.2 Å². The van der Waals surface area contributed by atoms with E-state index in [9.17, 15) is 18.0 Å². The maximum Gasteiger partial charge on any atom is 0.406 e. The number of benzene rings is 1. The van der Waals surface area contributed by atoms with Crippen molar-refractivity contribution >= 4 is 22.6 Å². The molecule has 1 saturated heterocycles. The molecule has 1 fully saturated rings. The molecule has 2 aromatic heterocycles. The van der Waals surface area contributed by atoms with E-state index in [2.05, 4.69) is 9.97 Å². The number of aromatic amines is 1. The second-order valence-corrected chi connectivity index (χ2v) is 8.74. The van der Waals surface area contributed by atoms with Crippen molar-refractivity contribution in [2.75, 3.05) is 31.6 Å². The van der Waals surface area contributed by atoms with E-state index in [0.717, 1.165) is 23.6 Å². The van der Waals surface area contributed by atoms with Crippen LogP contribution in [0, 0.1) is 6.92 Å². The van der Waals surface area contributed by atoms with E-state index in [1.54, 1.807) is 6.20 Å². The Balaban J connectivity index is 1.85. The summed E-state index contributed by atoms with van der Waals surface area (Å²) in [7, 11) is 1.13. The minimum atomic E-state index is -4.50. The van der Waals surface area contributed by atoms with E-state index in [1.165, 1.54) is 6.20 Å². The van der Waals surface area contributed by atoms with Crippen LogP contribution in [-0.4, -0.2) is 64.2 Å². The summed E-state index contributed by atoms with van der Waals surface area (Å²) in [4.78, 5) is 27.8. The highest BCUT2D eigenvalue weighted by molar-refractivity contribution is 6.03. The molecule has 1 aliphatic heterocycles. The number of halogens is 3. The third-order valence-electron chi connectivity index (χ3n) is 5.70. The fourth-order valence-corrected chi connectivity index (χ4v) is 4.15. The second-order valence-electron chi connectivity index (χ2n) is 8.74. The number of aryl methyl sites for hydroxylation is 1. The number of aromatic nitrogens is 3. The number of amides is 1. The number of alkyl halides is 3. The number of hydrogen-bond donors (Lipinski definition) is 2. The molecule has 3 heterocycles. The SMILES string of the molecule is Cc1cccc2[nH]c(-c3cncc(C(=O)N(C)CC(F)(F)F)c3N3CC[C@](C)(N)C3)nc12. The number of imidazole rings is 1. The van der Waals surface area contributed by atoms with Gasteiger partial charge in [-0.25, -0.2) is 4.98 Å². The van der Waals surface area contributed by atoms with E-state index < -0.39 is 24.2 Å². The number of nitrogens with one attached hydrogen (secondary N) is 1. The molecule has 3 N–H and O–H groups in total. The average molecular weight is 446 g/mol. The third kappa shape index (κ3) is 4.27. The Kier molecular flexibility index (Phi) is 5.36. The molecule has 1 aromatic carbocycles. The summed E-state index contributed by atoms with van der Waals surface area (Å²) in [5.41, 5.74) is 9.54.